The molecule has 1 atom stereocenters. The van der Waals surface area contributed by atoms with Gasteiger partial charge in [0.25, 0.3) is 11.5 Å². The van der Waals surface area contributed by atoms with Crippen molar-refractivity contribution in [1.82, 2.24) is 19.9 Å². The maximum absolute atomic E-state index is 12.2. The highest BCUT2D eigenvalue weighted by Gasteiger charge is 2.19. The van der Waals surface area contributed by atoms with Crippen LogP contribution in [0, 0.1) is 0 Å². The molecule has 110 valence electrons. The first-order valence-corrected chi connectivity index (χ1v) is 7.15. The highest BCUT2D eigenvalue weighted by Crippen LogP contribution is 2.18. The monoisotopic (exact) mass is 286 g/mol. The summed E-state index contributed by atoms with van der Waals surface area (Å²) in [6, 6.07) is 1.65. The van der Waals surface area contributed by atoms with E-state index in [1.54, 1.807) is 18.6 Å². The summed E-state index contributed by atoms with van der Waals surface area (Å²) < 4.78 is 1.89. The van der Waals surface area contributed by atoms with Gasteiger partial charge in [-0.25, -0.2) is 4.98 Å². The molecule has 0 spiro atoms. The number of rotatable bonds is 4. The van der Waals surface area contributed by atoms with Crippen LogP contribution in [-0.4, -0.2) is 26.5 Å². The van der Waals surface area contributed by atoms with Crippen molar-refractivity contribution in [3.8, 4) is 0 Å². The number of aryl methyl sites for hydroxylation is 2. The lowest BCUT2D eigenvalue weighted by molar-refractivity contribution is 0.0935. The molecule has 0 aromatic carbocycles. The number of H-pyrrole nitrogens is 1. The summed E-state index contributed by atoms with van der Waals surface area (Å²) in [5.74, 6) is -0.321. The van der Waals surface area contributed by atoms with Gasteiger partial charge in [0.15, 0.2) is 0 Å². The molecular weight excluding hydrogens is 268 g/mol. The Kier molecular flexibility index (Phi) is 3.60. The number of aromatic amines is 1. The predicted octanol–water partition coefficient (Wildman–Crippen LogP) is 0.879. The Bertz CT molecular complexity index is 703. The van der Waals surface area contributed by atoms with Crippen LogP contribution in [0.5, 0.6) is 0 Å². The van der Waals surface area contributed by atoms with Crippen molar-refractivity contribution < 1.29 is 4.79 Å². The number of carbonyl (C=O) groups excluding carboxylic acids is 1. The van der Waals surface area contributed by atoms with E-state index >= 15 is 0 Å². The molecule has 3 rings (SSSR count). The lowest BCUT2D eigenvalue weighted by atomic mass is 10.1. The first-order valence-electron chi connectivity index (χ1n) is 7.15. The Morgan fingerprint density at radius 3 is 3.14 bits per heavy atom. The molecule has 6 nitrogen and oxygen atoms in total. The van der Waals surface area contributed by atoms with E-state index in [2.05, 4.69) is 15.3 Å². The van der Waals surface area contributed by atoms with Crippen molar-refractivity contribution in [3.05, 3.63) is 52.0 Å². The molecule has 2 N–H and O–H groups in total. The summed E-state index contributed by atoms with van der Waals surface area (Å²) in [4.78, 5) is 31.0. The summed E-state index contributed by atoms with van der Waals surface area (Å²) in [6.07, 6.45) is 8.09. The second kappa shape index (κ2) is 5.55. The van der Waals surface area contributed by atoms with Crippen LogP contribution in [0.3, 0.4) is 0 Å². The molecule has 0 saturated heterocycles. The van der Waals surface area contributed by atoms with E-state index in [4.69, 9.17) is 0 Å². The van der Waals surface area contributed by atoms with E-state index in [9.17, 15) is 9.59 Å². The number of hydrogen-bond acceptors (Lipinski definition) is 3. The number of pyridine rings is 1. The second-order valence-corrected chi connectivity index (χ2v) is 5.50. The standard InChI is InChI=1S/C15H18N4O2/c1-10(8-19-6-5-16-9-19)17-14(20)12-7-11-3-2-4-13(11)18-15(12)21/h5-7,9-10H,2-4,8H2,1H3,(H,17,20)(H,18,21)/t10-/m0/s1. The first-order chi connectivity index (χ1) is 10.1. The van der Waals surface area contributed by atoms with Gasteiger partial charge in [-0.3, -0.25) is 9.59 Å². The Morgan fingerprint density at radius 1 is 1.52 bits per heavy atom. The molecule has 1 aliphatic carbocycles. The quantitative estimate of drug-likeness (QED) is 0.875. The van der Waals surface area contributed by atoms with Gasteiger partial charge in [-0.2, -0.15) is 0 Å². The molecule has 1 aliphatic rings. The van der Waals surface area contributed by atoms with Crippen LogP contribution < -0.4 is 10.9 Å². The number of amides is 1. The predicted molar refractivity (Wildman–Crippen MR) is 78.2 cm³/mol. The molecule has 2 aromatic heterocycles. The summed E-state index contributed by atoms with van der Waals surface area (Å²) in [5.41, 5.74) is 1.96. The first kappa shape index (κ1) is 13.6. The number of hydrogen-bond donors (Lipinski definition) is 2. The van der Waals surface area contributed by atoms with Crippen molar-refractivity contribution in [1.29, 1.82) is 0 Å². The molecule has 0 unspecified atom stereocenters. The zero-order valence-electron chi connectivity index (χ0n) is 11.9. The summed E-state index contributed by atoms with van der Waals surface area (Å²) in [6.45, 7) is 2.52. The fourth-order valence-corrected chi connectivity index (χ4v) is 2.74. The Morgan fingerprint density at radius 2 is 2.38 bits per heavy atom. The summed E-state index contributed by atoms with van der Waals surface area (Å²) in [7, 11) is 0. The van der Waals surface area contributed by atoms with Gasteiger partial charge in [-0.15, -0.1) is 0 Å². The van der Waals surface area contributed by atoms with E-state index in [-0.39, 0.29) is 23.1 Å². The molecule has 0 fully saturated rings. The largest absolute Gasteiger partial charge is 0.348 e. The summed E-state index contributed by atoms with van der Waals surface area (Å²) in [5, 5.41) is 2.86. The van der Waals surface area contributed by atoms with Crippen molar-refractivity contribution >= 4 is 5.91 Å². The van der Waals surface area contributed by atoms with Gasteiger partial charge in [-0.1, -0.05) is 0 Å². The number of nitrogens with one attached hydrogen (secondary N) is 2. The normalized spacial score (nSPS) is 14.7. The fraction of sp³-hybridized carbons (Fsp3) is 0.400. The Hall–Kier alpha value is -2.37. The van der Waals surface area contributed by atoms with E-state index in [1.165, 1.54) is 0 Å². The molecule has 0 aliphatic heterocycles. The van der Waals surface area contributed by atoms with Crippen molar-refractivity contribution in [2.24, 2.45) is 0 Å². The highest BCUT2D eigenvalue weighted by atomic mass is 16.2. The van der Waals surface area contributed by atoms with Gasteiger partial charge >= 0.3 is 0 Å². The molecule has 0 bridgehead atoms. The van der Waals surface area contributed by atoms with Gasteiger partial charge in [0.05, 0.1) is 6.33 Å². The fourth-order valence-electron chi connectivity index (χ4n) is 2.74. The van der Waals surface area contributed by atoms with Crippen molar-refractivity contribution in [3.63, 3.8) is 0 Å². The molecule has 21 heavy (non-hydrogen) atoms. The third-order valence-electron chi connectivity index (χ3n) is 3.75. The maximum Gasteiger partial charge on any atom is 0.261 e. The van der Waals surface area contributed by atoms with Gasteiger partial charge in [0, 0.05) is 30.7 Å². The smallest absolute Gasteiger partial charge is 0.261 e. The van der Waals surface area contributed by atoms with E-state index in [1.807, 2.05) is 17.7 Å². The lowest BCUT2D eigenvalue weighted by Crippen LogP contribution is -2.38. The Balaban J connectivity index is 1.72. The van der Waals surface area contributed by atoms with Crippen LogP contribution in [0.2, 0.25) is 0 Å². The van der Waals surface area contributed by atoms with E-state index in [0.717, 1.165) is 30.5 Å². The molecule has 1 amide bonds. The molecule has 0 saturated carbocycles. The zero-order chi connectivity index (χ0) is 14.8. The third kappa shape index (κ3) is 2.89. The van der Waals surface area contributed by atoms with Crippen LogP contribution in [0.1, 0.15) is 35.0 Å². The van der Waals surface area contributed by atoms with Crippen LogP contribution >= 0.6 is 0 Å². The SMILES string of the molecule is C[C@@H](Cn1ccnc1)NC(=O)c1cc2c([nH]c1=O)CCC2. The molecule has 2 heterocycles. The molecule has 2 aromatic rings. The number of nitrogens with zero attached hydrogens (tertiary/aromatic N) is 2. The minimum absolute atomic E-state index is 0.0839. The number of fused-ring (bicyclic) bond motifs is 1. The molecular formula is C15H18N4O2. The lowest BCUT2D eigenvalue weighted by Gasteiger charge is -2.14. The summed E-state index contributed by atoms with van der Waals surface area (Å²) >= 11 is 0. The van der Waals surface area contributed by atoms with Gasteiger partial charge in [0.2, 0.25) is 0 Å². The maximum atomic E-state index is 12.2. The van der Waals surface area contributed by atoms with Crippen molar-refractivity contribution in [2.75, 3.05) is 0 Å². The van der Waals surface area contributed by atoms with Crippen LogP contribution in [0.4, 0.5) is 0 Å². The van der Waals surface area contributed by atoms with Crippen molar-refractivity contribution in [2.45, 2.75) is 38.8 Å². The van der Waals surface area contributed by atoms with Crippen LogP contribution in [-0.2, 0) is 19.4 Å². The van der Waals surface area contributed by atoms with Gasteiger partial charge in [-0.05, 0) is 37.8 Å². The number of carbonyl (C=O) groups is 1. The second-order valence-electron chi connectivity index (χ2n) is 5.50. The topological polar surface area (TPSA) is 79.8 Å². The minimum Gasteiger partial charge on any atom is -0.348 e. The van der Waals surface area contributed by atoms with Gasteiger partial charge in [0.1, 0.15) is 5.56 Å². The third-order valence-corrected chi connectivity index (χ3v) is 3.75. The zero-order valence-corrected chi connectivity index (χ0v) is 11.9. The number of aromatic nitrogens is 3. The average molecular weight is 286 g/mol. The minimum atomic E-state index is -0.321. The average Bonchev–Trinajstić information content (AvgIpc) is 3.08. The molecule has 6 heteroatoms. The number of imidazole rings is 1. The molecule has 0 radical (unpaired) electrons. The van der Waals surface area contributed by atoms with Crippen LogP contribution in [0.25, 0.3) is 0 Å². The van der Waals surface area contributed by atoms with Crippen LogP contribution in [0.15, 0.2) is 29.6 Å². The van der Waals surface area contributed by atoms with E-state index < -0.39 is 0 Å². The highest BCUT2D eigenvalue weighted by molar-refractivity contribution is 5.94. The Labute approximate surface area is 122 Å². The van der Waals surface area contributed by atoms with E-state index in [0.29, 0.717) is 6.54 Å². The van der Waals surface area contributed by atoms with Gasteiger partial charge < -0.3 is 14.9 Å².